The molecule has 4 rings (SSSR count). The third-order valence-electron chi connectivity index (χ3n) is 7.27. The molecule has 1 aliphatic carbocycles. The fourth-order valence-electron chi connectivity index (χ4n) is 5.22. The predicted molar refractivity (Wildman–Crippen MR) is 160 cm³/mol. The average Bonchev–Trinajstić information content (AvgIpc) is 3.46. The molecule has 1 aliphatic heterocycles. The Hall–Kier alpha value is -4.47. The van der Waals surface area contributed by atoms with Crippen LogP contribution in [0.25, 0.3) is 11.1 Å². The number of nitrogens with one attached hydrogen (secondary N) is 2. The van der Waals surface area contributed by atoms with Gasteiger partial charge in [-0.15, -0.1) is 0 Å². The van der Waals surface area contributed by atoms with Gasteiger partial charge in [0.1, 0.15) is 18.2 Å². The molecule has 2 aromatic carbocycles. The van der Waals surface area contributed by atoms with Crippen molar-refractivity contribution in [2.45, 2.75) is 70.4 Å². The van der Waals surface area contributed by atoms with Crippen molar-refractivity contribution in [3.63, 3.8) is 0 Å². The number of hydrogen-bond donors (Lipinski definition) is 2. The summed E-state index contributed by atoms with van der Waals surface area (Å²) in [5, 5.41) is 5.41. The zero-order chi connectivity index (χ0) is 31.0. The summed E-state index contributed by atoms with van der Waals surface area (Å²) in [7, 11) is 0. The topological polar surface area (TPSA) is 131 Å². The van der Waals surface area contributed by atoms with Crippen molar-refractivity contribution in [2.75, 3.05) is 19.7 Å². The van der Waals surface area contributed by atoms with Gasteiger partial charge in [0.15, 0.2) is 0 Å². The molecule has 0 aromatic heterocycles. The van der Waals surface area contributed by atoms with Crippen LogP contribution in [0.15, 0.2) is 60.7 Å². The highest BCUT2D eigenvalue weighted by atomic mass is 16.6. The van der Waals surface area contributed by atoms with Crippen molar-refractivity contribution in [1.82, 2.24) is 15.5 Å². The van der Waals surface area contributed by atoms with Crippen LogP contribution >= 0.6 is 0 Å². The van der Waals surface area contributed by atoms with E-state index < -0.39 is 23.7 Å². The van der Waals surface area contributed by atoms with E-state index in [1.807, 2.05) is 36.4 Å². The zero-order valence-electron chi connectivity index (χ0n) is 24.9. The Bertz CT molecular complexity index is 1330. The lowest BCUT2D eigenvalue weighted by molar-refractivity contribution is -0.157. The number of carbonyl (C=O) groups excluding carboxylic acids is 5. The second-order valence-electron chi connectivity index (χ2n) is 11.7. The smallest absolute Gasteiger partial charge is 0.407 e. The minimum Gasteiger partial charge on any atom is -0.458 e. The molecule has 2 aromatic rings. The monoisotopic (exact) mass is 589 g/mol. The summed E-state index contributed by atoms with van der Waals surface area (Å²) in [6.45, 7) is 6.04. The molecule has 2 aliphatic rings. The number of benzene rings is 2. The molecule has 0 fully saturated rings. The van der Waals surface area contributed by atoms with E-state index in [4.69, 9.17) is 9.47 Å². The van der Waals surface area contributed by atoms with Crippen molar-refractivity contribution >= 4 is 29.8 Å². The summed E-state index contributed by atoms with van der Waals surface area (Å²) in [4.78, 5) is 62.6. The molecule has 0 spiro atoms. The fraction of sp³-hybridized carbons (Fsp3) is 0.424. The SMILES string of the molecule is CC(C)(C)OC(=O)[C@H](CCC(=O)NCCCCCN1C(=O)C=CC1=O)NC(=O)OCC1c2ccccc2-c2ccccc21. The summed E-state index contributed by atoms with van der Waals surface area (Å²) in [6.07, 6.45) is 3.82. The molecule has 10 heteroatoms. The fourth-order valence-corrected chi connectivity index (χ4v) is 5.22. The second-order valence-corrected chi connectivity index (χ2v) is 11.7. The molecular weight excluding hydrogens is 550 g/mol. The Kier molecular flexibility index (Phi) is 10.3. The lowest BCUT2D eigenvalue weighted by Gasteiger charge is -2.24. The molecule has 0 bridgehead atoms. The van der Waals surface area contributed by atoms with Crippen LogP contribution in [0, 0.1) is 0 Å². The van der Waals surface area contributed by atoms with Crippen LogP contribution in [0.4, 0.5) is 4.79 Å². The number of fused-ring (bicyclic) bond motifs is 3. The lowest BCUT2D eigenvalue weighted by atomic mass is 9.98. The largest absolute Gasteiger partial charge is 0.458 e. The van der Waals surface area contributed by atoms with E-state index >= 15 is 0 Å². The quantitative estimate of drug-likeness (QED) is 0.203. The van der Waals surface area contributed by atoms with Crippen molar-refractivity contribution in [3.05, 3.63) is 71.8 Å². The maximum atomic E-state index is 12.9. The first-order valence-electron chi connectivity index (χ1n) is 14.7. The van der Waals surface area contributed by atoms with E-state index in [0.29, 0.717) is 25.9 Å². The minimum absolute atomic E-state index is 0.00395. The molecular formula is C33H39N3O7. The number of nitrogens with zero attached hydrogens (tertiary/aromatic N) is 1. The van der Waals surface area contributed by atoms with Crippen LogP contribution in [0.5, 0.6) is 0 Å². The number of ether oxygens (including phenoxy) is 2. The van der Waals surface area contributed by atoms with Crippen LogP contribution in [0.3, 0.4) is 0 Å². The highest BCUT2D eigenvalue weighted by molar-refractivity contribution is 6.12. The summed E-state index contributed by atoms with van der Waals surface area (Å²) < 4.78 is 11.1. The van der Waals surface area contributed by atoms with E-state index in [1.165, 1.54) is 17.1 Å². The molecule has 0 radical (unpaired) electrons. The highest BCUT2D eigenvalue weighted by Gasteiger charge is 2.31. The summed E-state index contributed by atoms with van der Waals surface area (Å²) in [5.74, 6) is -1.64. The third-order valence-corrected chi connectivity index (χ3v) is 7.27. The van der Waals surface area contributed by atoms with E-state index in [-0.39, 0.29) is 43.1 Å². The average molecular weight is 590 g/mol. The molecule has 4 amide bonds. The molecule has 228 valence electrons. The number of rotatable bonds is 13. The number of imide groups is 1. The summed E-state index contributed by atoms with van der Waals surface area (Å²) in [6, 6.07) is 15.0. The molecule has 0 saturated carbocycles. The van der Waals surface area contributed by atoms with E-state index in [0.717, 1.165) is 28.7 Å². The Morgan fingerprint density at radius 1 is 0.884 bits per heavy atom. The van der Waals surface area contributed by atoms with Gasteiger partial charge >= 0.3 is 12.1 Å². The summed E-state index contributed by atoms with van der Waals surface area (Å²) in [5.41, 5.74) is 3.59. The van der Waals surface area contributed by atoms with Crippen molar-refractivity contribution in [3.8, 4) is 11.1 Å². The molecule has 10 nitrogen and oxygen atoms in total. The van der Waals surface area contributed by atoms with Crippen LogP contribution < -0.4 is 10.6 Å². The van der Waals surface area contributed by atoms with E-state index in [9.17, 15) is 24.0 Å². The van der Waals surface area contributed by atoms with Gasteiger partial charge in [0, 0.05) is 37.6 Å². The van der Waals surface area contributed by atoms with Crippen LogP contribution in [-0.2, 0) is 28.7 Å². The molecule has 0 saturated heterocycles. The molecule has 1 atom stereocenters. The third kappa shape index (κ3) is 8.53. The Morgan fingerprint density at radius 3 is 2.09 bits per heavy atom. The normalized spacial score (nSPS) is 14.7. The number of alkyl carbamates (subject to hydrolysis) is 1. The van der Waals surface area contributed by atoms with Gasteiger partial charge in [0.05, 0.1) is 0 Å². The van der Waals surface area contributed by atoms with Crippen molar-refractivity contribution in [2.24, 2.45) is 0 Å². The maximum Gasteiger partial charge on any atom is 0.407 e. The number of amides is 4. The highest BCUT2D eigenvalue weighted by Crippen LogP contribution is 2.44. The second kappa shape index (κ2) is 14.1. The Balaban J connectivity index is 1.24. The van der Waals surface area contributed by atoms with E-state index in [1.54, 1.807) is 20.8 Å². The standard InChI is InChI=1S/C33H39N3O7/c1-33(2,3)43-31(40)27(15-16-28(37)34-19-9-4-10-20-36-29(38)17-18-30(36)39)35-32(41)42-21-26-24-13-7-5-11-22(24)23-12-6-8-14-25(23)26/h5-8,11-14,17-18,26-27H,4,9-10,15-16,19-21H2,1-3H3,(H,34,37)(H,35,41)/t27-/m0/s1. The molecule has 1 heterocycles. The predicted octanol–water partition coefficient (Wildman–Crippen LogP) is 4.23. The first-order valence-corrected chi connectivity index (χ1v) is 14.7. The van der Waals surface area contributed by atoms with Crippen molar-refractivity contribution in [1.29, 1.82) is 0 Å². The van der Waals surface area contributed by atoms with Gasteiger partial charge in [0.25, 0.3) is 11.8 Å². The van der Waals surface area contributed by atoms with Gasteiger partial charge in [-0.1, -0.05) is 48.5 Å². The Labute approximate surface area is 251 Å². The molecule has 0 unspecified atom stereocenters. The minimum atomic E-state index is -1.07. The van der Waals surface area contributed by atoms with Gasteiger partial charge in [-0.2, -0.15) is 0 Å². The maximum absolute atomic E-state index is 12.9. The molecule has 2 N–H and O–H groups in total. The number of hydrogen-bond acceptors (Lipinski definition) is 7. The van der Waals surface area contributed by atoms with Crippen LogP contribution in [-0.4, -0.2) is 66.0 Å². The van der Waals surface area contributed by atoms with Gasteiger partial charge < -0.3 is 20.1 Å². The number of unbranched alkanes of at least 4 members (excludes halogenated alkanes) is 2. The van der Waals surface area contributed by atoms with Gasteiger partial charge in [0.2, 0.25) is 5.91 Å². The first kappa shape index (κ1) is 31.5. The number of esters is 1. The van der Waals surface area contributed by atoms with Crippen LogP contribution in [0.2, 0.25) is 0 Å². The van der Waals surface area contributed by atoms with E-state index in [2.05, 4.69) is 22.8 Å². The van der Waals surface area contributed by atoms with Gasteiger partial charge in [-0.3, -0.25) is 19.3 Å². The zero-order valence-corrected chi connectivity index (χ0v) is 24.9. The van der Waals surface area contributed by atoms with Crippen LogP contribution in [0.1, 0.15) is 69.9 Å². The summed E-state index contributed by atoms with van der Waals surface area (Å²) >= 11 is 0. The molecule has 43 heavy (non-hydrogen) atoms. The lowest BCUT2D eigenvalue weighted by Crippen LogP contribution is -2.45. The van der Waals surface area contributed by atoms with Gasteiger partial charge in [-0.05, 0) is 68.7 Å². The first-order chi connectivity index (χ1) is 20.5. The van der Waals surface area contributed by atoms with Crippen molar-refractivity contribution < 1.29 is 33.4 Å². The Morgan fingerprint density at radius 2 is 1.49 bits per heavy atom. The number of carbonyl (C=O) groups is 5. The van der Waals surface area contributed by atoms with Gasteiger partial charge in [-0.25, -0.2) is 9.59 Å².